The maximum atomic E-state index is 12.2. The van der Waals surface area contributed by atoms with Crippen LogP contribution in [0.3, 0.4) is 0 Å². The van der Waals surface area contributed by atoms with Crippen LogP contribution in [0.1, 0.15) is 10.4 Å². The summed E-state index contributed by atoms with van der Waals surface area (Å²) in [5, 5.41) is 9.04. The van der Waals surface area contributed by atoms with Crippen LogP contribution in [-0.4, -0.2) is 13.5 Å². The molecule has 2 rings (SSSR count). The van der Waals surface area contributed by atoms with Gasteiger partial charge in [-0.05, 0) is 41.1 Å². The largest absolute Gasteiger partial charge is 0.391 e. The standard InChI is InChI=1S/C12H12BrNO3S2/c1-8-2-4-9(5-3-8)14-19(16,17)11-6-10(7-15)18-12(11)13/h2-6,14-15H,7H2,1H3. The summed E-state index contributed by atoms with van der Waals surface area (Å²) in [5.74, 6) is 0. The molecule has 0 saturated heterocycles. The fraction of sp³-hybridized carbons (Fsp3) is 0.167. The summed E-state index contributed by atoms with van der Waals surface area (Å²) < 4.78 is 27.4. The van der Waals surface area contributed by atoms with Gasteiger partial charge in [-0.2, -0.15) is 0 Å². The van der Waals surface area contributed by atoms with Crippen molar-refractivity contribution in [2.75, 3.05) is 4.72 Å². The maximum Gasteiger partial charge on any atom is 0.263 e. The van der Waals surface area contributed by atoms with Crippen molar-refractivity contribution in [2.24, 2.45) is 0 Å². The Morgan fingerprint density at radius 2 is 1.95 bits per heavy atom. The van der Waals surface area contributed by atoms with Gasteiger partial charge in [-0.15, -0.1) is 11.3 Å². The van der Waals surface area contributed by atoms with Crippen LogP contribution >= 0.6 is 27.3 Å². The van der Waals surface area contributed by atoms with E-state index in [4.69, 9.17) is 5.11 Å². The zero-order valence-electron chi connectivity index (χ0n) is 10.1. The van der Waals surface area contributed by atoms with Crippen molar-refractivity contribution in [1.82, 2.24) is 0 Å². The molecule has 0 saturated carbocycles. The molecular weight excluding hydrogens is 350 g/mol. The average molecular weight is 362 g/mol. The first-order chi connectivity index (χ1) is 8.92. The van der Waals surface area contributed by atoms with Crippen LogP contribution in [0.5, 0.6) is 0 Å². The van der Waals surface area contributed by atoms with E-state index in [1.165, 1.54) is 17.4 Å². The highest BCUT2D eigenvalue weighted by molar-refractivity contribution is 9.11. The van der Waals surface area contributed by atoms with Gasteiger partial charge in [0.05, 0.1) is 10.4 Å². The van der Waals surface area contributed by atoms with Crippen LogP contribution in [-0.2, 0) is 16.6 Å². The molecule has 2 N–H and O–H groups in total. The highest BCUT2D eigenvalue weighted by Crippen LogP contribution is 2.32. The normalized spacial score (nSPS) is 11.5. The number of sulfonamides is 1. The fourth-order valence-corrected chi connectivity index (χ4v) is 5.09. The van der Waals surface area contributed by atoms with Crippen molar-refractivity contribution in [3.63, 3.8) is 0 Å². The highest BCUT2D eigenvalue weighted by atomic mass is 79.9. The number of benzene rings is 1. The van der Waals surface area contributed by atoms with E-state index in [1.54, 1.807) is 12.1 Å². The molecule has 0 spiro atoms. The number of rotatable bonds is 4. The Morgan fingerprint density at radius 1 is 1.32 bits per heavy atom. The van der Waals surface area contributed by atoms with Gasteiger partial charge in [0.15, 0.2) is 0 Å². The van der Waals surface area contributed by atoms with Gasteiger partial charge in [0.1, 0.15) is 4.90 Å². The first-order valence-electron chi connectivity index (χ1n) is 5.41. The van der Waals surface area contributed by atoms with Crippen LogP contribution in [0.25, 0.3) is 0 Å². The van der Waals surface area contributed by atoms with Crippen LogP contribution < -0.4 is 4.72 Å². The molecule has 19 heavy (non-hydrogen) atoms. The Bertz CT molecular complexity index is 678. The fourth-order valence-electron chi connectivity index (χ4n) is 1.49. The summed E-state index contributed by atoms with van der Waals surface area (Å²) in [5.41, 5.74) is 1.57. The minimum Gasteiger partial charge on any atom is -0.391 e. The molecule has 0 bridgehead atoms. The molecule has 4 nitrogen and oxygen atoms in total. The van der Waals surface area contributed by atoms with Crippen LogP contribution in [0.4, 0.5) is 5.69 Å². The summed E-state index contributed by atoms with van der Waals surface area (Å²) in [7, 11) is -3.64. The first-order valence-corrected chi connectivity index (χ1v) is 8.50. The van der Waals surface area contributed by atoms with Crippen molar-refractivity contribution >= 4 is 43.0 Å². The van der Waals surface area contributed by atoms with Crippen molar-refractivity contribution in [2.45, 2.75) is 18.4 Å². The summed E-state index contributed by atoms with van der Waals surface area (Å²) in [6.45, 7) is 1.75. The van der Waals surface area contributed by atoms with E-state index in [9.17, 15) is 8.42 Å². The maximum absolute atomic E-state index is 12.2. The number of hydrogen-bond acceptors (Lipinski definition) is 4. The average Bonchev–Trinajstić information content (AvgIpc) is 2.74. The summed E-state index contributed by atoms with van der Waals surface area (Å²) in [4.78, 5) is 0.735. The number of aliphatic hydroxyl groups excluding tert-OH is 1. The molecule has 2 aromatic rings. The summed E-state index contributed by atoms with van der Waals surface area (Å²) >= 11 is 4.41. The Balaban J connectivity index is 2.31. The number of halogens is 1. The van der Waals surface area contributed by atoms with Gasteiger partial charge in [0.25, 0.3) is 10.0 Å². The van der Waals surface area contributed by atoms with Crippen LogP contribution in [0.2, 0.25) is 0 Å². The molecule has 1 aromatic heterocycles. The van der Waals surface area contributed by atoms with E-state index in [0.29, 0.717) is 14.4 Å². The lowest BCUT2D eigenvalue weighted by molar-refractivity contribution is 0.285. The molecular formula is C12H12BrNO3S2. The highest BCUT2D eigenvalue weighted by Gasteiger charge is 2.20. The van der Waals surface area contributed by atoms with E-state index in [2.05, 4.69) is 20.7 Å². The molecule has 0 aliphatic heterocycles. The quantitative estimate of drug-likeness (QED) is 0.878. The van der Waals surface area contributed by atoms with Crippen LogP contribution in [0, 0.1) is 6.92 Å². The van der Waals surface area contributed by atoms with Gasteiger partial charge in [0.2, 0.25) is 0 Å². The molecule has 0 atom stereocenters. The molecule has 0 unspecified atom stereocenters. The molecule has 0 aliphatic rings. The summed E-state index contributed by atoms with van der Waals surface area (Å²) in [6, 6.07) is 8.55. The molecule has 0 fully saturated rings. The third-order valence-corrected chi connectivity index (χ3v) is 6.07. The number of hydrogen-bond donors (Lipinski definition) is 2. The first kappa shape index (κ1) is 14.5. The second kappa shape index (κ2) is 5.62. The lowest BCUT2D eigenvalue weighted by Crippen LogP contribution is -2.12. The lowest BCUT2D eigenvalue weighted by Gasteiger charge is -2.07. The third kappa shape index (κ3) is 3.36. The number of anilines is 1. The smallest absolute Gasteiger partial charge is 0.263 e. The van der Waals surface area contributed by atoms with Gasteiger partial charge in [0, 0.05) is 10.6 Å². The van der Waals surface area contributed by atoms with Gasteiger partial charge in [-0.1, -0.05) is 17.7 Å². The zero-order chi connectivity index (χ0) is 14.0. The van der Waals surface area contributed by atoms with Crippen molar-refractivity contribution < 1.29 is 13.5 Å². The van der Waals surface area contributed by atoms with Gasteiger partial charge < -0.3 is 5.11 Å². The molecule has 0 aliphatic carbocycles. The Morgan fingerprint density at radius 3 is 2.47 bits per heavy atom. The molecule has 1 aromatic carbocycles. The Hall–Kier alpha value is -0.890. The predicted octanol–water partition coefficient (Wildman–Crippen LogP) is 3.11. The second-order valence-corrected chi connectivity index (χ2v) is 8.09. The van der Waals surface area contributed by atoms with E-state index in [1.807, 2.05) is 19.1 Å². The predicted molar refractivity (Wildman–Crippen MR) is 79.9 cm³/mol. The summed E-state index contributed by atoms with van der Waals surface area (Å²) in [6.07, 6.45) is 0. The number of nitrogens with one attached hydrogen (secondary N) is 1. The molecule has 102 valence electrons. The van der Waals surface area contributed by atoms with Gasteiger partial charge in [-0.3, -0.25) is 4.72 Å². The molecule has 7 heteroatoms. The number of thiophene rings is 1. The minimum atomic E-state index is -3.64. The van der Waals surface area contributed by atoms with Gasteiger partial charge >= 0.3 is 0 Å². The van der Waals surface area contributed by atoms with E-state index in [0.717, 1.165) is 5.56 Å². The second-order valence-electron chi connectivity index (χ2n) is 3.98. The lowest BCUT2D eigenvalue weighted by atomic mass is 10.2. The number of aryl methyl sites for hydroxylation is 1. The van der Waals surface area contributed by atoms with Crippen molar-refractivity contribution in [3.05, 3.63) is 44.6 Å². The topological polar surface area (TPSA) is 66.4 Å². The Kier molecular flexibility index (Phi) is 4.29. The third-order valence-electron chi connectivity index (χ3n) is 2.46. The van der Waals surface area contributed by atoms with E-state index in [-0.39, 0.29) is 11.5 Å². The monoisotopic (exact) mass is 361 g/mol. The van der Waals surface area contributed by atoms with Crippen molar-refractivity contribution in [1.29, 1.82) is 0 Å². The number of aliphatic hydroxyl groups is 1. The van der Waals surface area contributed by atoms with E-state index < -0.39 is 10.0 Å². The minimum absolute atomic E-state index is 0.141. The molecule has 0 amide bonds. The zero-order valence-corrected chi connectivity index (χ0v) is 13.3. The molecule has 1 heterocycles. The van der Waals surface area contributed by atoms with Crippen molar-refractivity contribution in [3.8, 4) is 0 Å². The van der Waals surface area contributed by atoms with E-state index >= 15 is 0 Å². The SMILES string of the molecule is Cc1ccc(NS(=O)(=O)c2cc(CO)sc2Br)cc1. The van der Waals surface area contributed by atoms with Gasteiger partial charge in [-0.25, -0.2) is 8.42 Å². The van der Waals surface area contributed by atoms with Crippen LogP contribution in [0.15, 0.2) is 39.0 Å². The Labute approximate surface area is 124 Å². The molecule has 0 radical (unpaired) electrons.